The molecule has 1 fully saturated rings. The number of hydrazine groups is 1. The van der Waals surface area contributed by atoms with Crippen LogP contribution in [0.3, 0.4) is 0 Å². The average Bonchev–Trinajstić information content (AvgIpc) is 3.94. The van der Waals surface area contributed by atoms with E-state index in [9.17, 15) is 16.8 Å². The quantitative estimate of drug-likeness (QED) is 0.0748. The molecule has 0 spiro atoms. The summed E-state index contributed by atoms with van der Waals surface area (Å²) in [6, 6.07) is 29.1. The maximum atomic E-state index is 16.2. The molecule has 0 aliphatic heterocycles. The molecule has 2 heterocycles. The number of ether oxygens (including phenoxy) is 4. The van der Waals surface area contributed by atoms with Crippen LogP contribution in [0.1, 0.15) is 61.6 Å². The SMILES string of the molecule is CCS(=O)(=O)c1ccc(C(Cc2ccccc2)C(=O)N(c2nc3cc(OC)c(OC)cc3s2)N(C(=O)C(CC2CC2)c2ccc(S(=O)(=O)CC)cc2)c2nc3cc(OC)c(OC)cc3s2)cc1. The number of amides is 2. The summed E-state index contributed by atoms with van der Waals surface area (Å²) in [4.78, 5) is 42.7. The highest BCUT2D eigenvalue weighted by Gasteiger charge is 2.43. The molecule has 0 N–H and O–H groups in total. The van der Waals surface area contributed by atoms with E-state index in [1.165, 1.54) is 85.4 Å². The minimum absolute atomic E-state index is 0.0873. The summed E-state index contributed by atoms with van der Waals surface area (Å²) in [6.07, 6.45) is 2.39. The molecule has 0 radical (unpaired) electrons. The van der Waals surface area contributed by atoms with Crippen LogP contribution >= 0.6 is 22.7 Å². The van der Waals surface area contributed by atoms with Gasteiger partial charge in [0.1, 0.15) is 0 Å². The maximum Gasteiger partial charge on any atom is 0.256 e. The number of fused-ring (bicyclic) bond motifs is 2. The second-order valence-corrected chi connectivity index (χ2v) is 22.6. The Morgan fingerprint density at radius 1 is 0.597 bits per heavy atom. The molecule has 1 aliphatic rings. The van der Waals surface area contributed by atoms with E-state index in [0.29, 0.717) is 61.0 Å². The molecule has 2 amide bonds. The molecule has 5 aromatic carbocycles. The molecular weight excluding hydrogens is 933 g/mol. The first kappa shape index (κ1) is 47.4. The van der Waals surface area contributed by atoms with Crippen molar-refractivity contribution < 1.29 is 45.4 Å². The molecule has 0 saturated heterocycles. The number of sulfone groups is 2. The van der Waals surface area contributed by atoms with Crippen LogP contribution in [0.15, 0.2) is 113 Å². The average molecular weight is 983 g/mol. The topological polar surface area (TPSA) is 172 Å². The van der Waals surface area contributed by atoms with Crippen molar-refractivity contribution in [2.24, 2.45) is 5.92 Å². The second-order valence-electron chi connectivity index (χ2n) is 16.1. The van der Waals surface area contributed by atoms with Crippen LogP contribution in [0, 0.1) is 5.92 Å². The van der Waals surface area contributed by atoms with E-state index in [1.54, 1.807) is 62.4 Å². The van der Waals surface area contributed by atoms with Crippen LogP contribution in [-0.4, -0.2) is 78.6 Å². The van der Waals surface area contributed by atoms with Gasteiger partial charge in [-0.05, 0) is 59.7 Å². The van der Waals surface area contributed by atoms with Gasteiger partial charge in [-0.15, -0.1) is 0 Å². The minimum atomic E-state index is -3.58. The smallest absolute Gasteiger partial charge is 0.256 e. The van der Waals surface area contributed by atoms with E-state index in [2.05, 4.69) is 0 Å². The molecule has 2 atom stereocenters. The molecular formula is C49H50N4O10S4. The van der Waals surface area contributed by atoms with E-state index in [4.69, 9.17) is 28.9 Å². The van der Waals surface area contributed by atoms with Crippen LogP contribution in [0.5, 0.6) is 23.0 Å². The molecule has 350 valence electrons. The molecule has 2 aromatic heterocycles. The number of methoxy groups -OCH3 is 4. The Hall–Kier alpha value is -6.08. The minimum Gasteiger partial charge on any atom is -0.493 e. The Labute approximate surface area is 397 Å². The number of hydrogen-bond donors (Lipinski definition) is 0. The molecule has 8 rings (SSSR count). The Morgan fingerprint density at radius 3 is 1.40 bits per heavy atom. The van der Waals surface area contributed by atoms with Crippen molar-refractivity contribution in [1.82, 2.24) is 9.97 Å². The van der Waals surface area contributed by atoms with Gasteiger partial charge in [-0.25, -0.2) is 26.8 Å². The van der Waals surface area contributed by atoms with Crippen molar-refractivity contribution in [1.29, 1.82) is 0 Å². The van der Waals surface area contributed by atoms with E-state index < -0.39 is 43.3 Å². The highest BCUT2D eigenvalue weighted by molar-refractivity contribution is 7.91. The van der Waals surface area contributed by atoms with Gasteiger partial charge in [0, 0.05) is 24.3 Å². The van der Waals surface area contributed by atoms with Crippen molar-refractivity contribution in [2.45, 2.75) is 61.2 Å². The molecule has 18 heteroatoms. The standard InChI is InChI=1S/C49H50N4O10S4/c1-7-66(56,57)34-20-16-32(17-21-34)36(24-30-12-10-9-11-13-30)46(54)52(48-50-38-26-40(60-3)42(62-5)28-44(38)64-48)53(49-51-39-27-41(61-4)43(63-6)29-45(39)65-49)47(55)37(25-31-14-15-31)33-18-22-35(23-19-33)67(58,59)8-2/h9-13,16-23,26-29,31,36-37H,7-8,14-15,24-25H2,1-6H3. The van der Waals surface area contributed by atoms with Crippen molar-refractivity contribution >= 4 is 84.9 Å². The monoisotopic (exact) mass is 982 g/mol. The van der Waals surface area contributed by atoms with Gasteiger partial charge in [-0.1, -0.05) is 104 Å². The number of benzene rings is 5. The number of anilines is 2. The fourth-order valence-electron chi connectivity index (χ4n) is 7.93. The van der Waals surface area contributed by atoms with E-state index in [0.717, 1.165) is 18.4 Å². The zero-order chi connectivity index (χ0) is 47.6. The molecule has 67 heavy (non-hydrogen) atoms. The molecule has 14 nitrogen and oxygen atoms in total. The predicted octanol–water partition coefficient (Wildman–Crippen LogP) is 9.42. The molecule has 1 aliphatic carbocycles. The van der Waals surface area contributed by atoms with Gasteiger partial charge >= 0.3 is 0 Å². The van der Waals surface area contributed by atoms with Gasteiger partial charge in [0.15, 0.2) is 42.7 Å². The Morgan fingerprint density at radius 2 is 1.00 bits per heavy atom. The normalized spacial score (nSPS) is 13.8. The van der Waals surface area contributed by atoms with Crippen LogP contribution < -0.4 is 29.0 Å². The summed E-state index contributed by atoms with van der Waals surface area (Å²) in [5, 5.41) is 2.90. The number of rotatable bonds is 18. The van der Waals surface area contributed by atoms with Gasteiger partial charge < -0.3 is 18.9 Å². The maximum absolute atomic E-state index is 16.2. The van der Waals surface area contributed by atoms with Gasteiger partial charge in [0.2, 0.25) is 10.3 Å². The Bertz CT molecular complexity index is 3070. The lowest BCUT2D eigenvalue weighted by Crippen LogP contribution is -2.54. The predicted molar refractivity (Wildman–Crippen MR) is 262 cm³/mol. The van der Waals surface area contributed by atoms with Crippen molar-refractivity contribution in [3.8, 4) is 23.0 Å². The highest BCUT2D eigenvalue weighted by Crippen LogP contribution is 2.45. The number of carbonyl (C=O) groups is 2. The Balaban J connectivity index is 1.39. The summed E-state index contributed by atoms with van der Waals surface area (Å²) in [6.45, 7) is 3.15. The molecule has 0 bridgehead atoms. The number of thiazole rings is 2. The molecule has 7 aromatic rings. The lowest BCUT2D eigenvalue weighted by Gasteiger charge is -2.35. The van der Waals surface area contributed by atoms with E-state index in [-0.39, 0.29) is 43.9 Å². The van der Waals surface area contributed by atoms with Crippen LogP contribution in [0.2, 0.25) is 0 Å². The number of carbonyl (C=O) groups excluding carboxylic acids is 2. The summed E-state index contributed by atoms with van der Waals surface area (Å²) in [5.41, 5.74) is 2.84. The highest BCUT2D eigenvalue weighted by atomic mass is 32.2. The first-order valence-corrected chi connectivity index (χ1v) is 26.6. The van der Waals surface area contributed by atoms with Crippen molar-refractivity contribution in [2.75, 3.05) is 50.0 Å². The van der Waals surface area contributed by atoms with Gasteiger partial charge in [0.05, 0.1) is 82.0 Å². The fourth-order valence-corrected chi connectivity index (χ4v) is 11.6. The first-order valence-electron chi connectivity index (χ1n) is 21.6. The number of nitrogens with zero attached hydrogens (tertiary/aromatic N) is 4. The van der Waals surface area contributed by atoms with Gasteiger partial charge in [0.25, 0.3) is 11.8 Å². The van der Waals surface area contributed by atoms with Crippen molar-refractivity contribution in [3.05, 3.63) is 120 Å². The largest absolute Gasteiger partial charge is 0.493 e. The summed E-state index contributed by atoms with van der Waals surface area (Å²) in [5.74, 6) is -1.19. The molecule has 2 unspecified atom stereocenters. The first-order chi connectivity index (χ1) is 32.2. The van der Waals surface area contributed by atoms with Crippen molar-refractivity contribution in [3.63, 3.8) is 0 Å². The van der Waals surface area contributed by atoms with Crippen LogP contribution in [0.25, 0.3) is 20.4 Å². The van der Waals surface area contributed by atoms with Crippen LogP contribution in [0.4, 0.5) is 10.3 Å². The number of aromatic nitrogens is 2. The Kier molecular flexibility index (Phi) is 13.9. The lowest BCUT2D eigenvalue weighted by molar-refractivity contribution is -0.125. The third-order valence-electron chi connectivity index (χ3n) is 11.9. The lowest BCUT2D eigenvalue weighted by atomic mass is 9.90. The van der Waals surface area contributed by atoms with E-state index in [1.807, 2.05) is 30.3 Å². The summed E-state index contributed by atoms with van der Waals surface area (Å²) in [7, 11) is -1.05. The second kappa shape index (κ2) is 19.6. The number of hydrogen-bond acceptors (Lipinski definition) is 14. The molecule has 1 saturated carbocycles. The third kappa shape index (κ3) is 9.84. The zero-order valence-electron chi connectivity index (χ0n) is 37.8. The fraction of sp³-hybridized carbons (Fsp3) is 0.306. The van der Waals surface area contributed by atoms with E-state index >= 15 is 9.59 Å². The third-order valence-corrected chi connectivity index (χ3v) is 17.4. The summed E-state index contributed by atoms with van der Waals surface area (Å²) < 4.78 is 75.7. The van der Waals surface area contributed by atoms with Crippen LogP contribution in [-0.2, 0) is 35.7 Å². The summed E-state index contributed by atoms with van der Waals surface area (Å²) >= 11 is 2.34. The van der Waals surface area contributed by atoms with Gasteiger partial charge in [-0.3, -0.25) is 9.59 Å². The zero-order valence-corrected chi connectivity index (χ0v) is 41.1. The van der Waals surface area contributed by atoms with Gasteiger partial charge in [-0.2, -0.15) is 10.0 Å².